The van der Waals surface area contributed by atoms with E-state index in [1.54, 1.807) is 7.11 Å². The molecule has 2 amide bonds. The lowest BCUT2D eigenvalue weighted by atomic mass is 9.89. The van der Waals surface area contributed by atoms with E-state index in [0.29, 0.717) is 6.04 Å². The van der Waals surface area contributed by atoms with Gasteiger partial charge in [0.2, 0.25) is 0 Å². The Bertz CT molecular complexity index is 865. The van der Waals surface area contributed by atoms with Crippen LogP contribution in [-0.2, 0) is 6.42 Å². The zero-order valence-electron chi connectivity index (χ0n) is 18.1. The number of hydrogen-bond acceptors (Lipinski definition) is 3. The first kappa shape index (κ1) is 22.0. The molecule has 2 atom stereocenters. The van der Waals surface area contributed by atoms with Gasteiger partial charge in [-0.15, -0.1) is 0 Å². The van der Waals surface area contributed by atoms with Crippen LogP contribution in [0.3, 0.4) is 0 Å². The molecule has 31 heavy (non-hydrogen) atoms. The minimum atomic E-state index is -0.136. The lowest BCUT2D eigenvalue weighted by molar-refractivity contribution is 0.119. The van der Waals surface area contributed by atoms with E-state index < -0.39 is 0 Å². The van der Waals surface area contributed by atoms with Crippen molar-refractivity contribution in [3.8, 4) is 5.75 Å². The van der Waals surface area contributed by atoms with E-state index in [1.165, 1.54) is 24.8 Å². The second-order valence-electron chi connectivity index (χ2n) is 8.75. The molecule has 6 heteroatoms. The summed E-state index contributed by atoms with van der Waals surface area (Å²) < 4.78 is 5.23. The van der Waals surface area contributed by atoms with Gasteiger partial charge < -0.3 is 15.4 Å². The van der Waals surface area contributed by atoms with Gasteiger partial charge in [-0.05, 0) is 87.4 Å². The molecule has 0 radical (unpaired) electrons. The summed E-state index contributed by atoms with van der Waals surface area (Å²) in [6, 6.07) is 16.2. The van der Waals surface area contributed by atoms with Crippen LogP contribution in [0, 0.1) is 5.92 Å². The Labute approximate surface area is 190 Å². The van der Waals surface area contributed by atoms with E-state index in [0.717, 1.165) is 54.7 Å². The topological polar surface area (TPSA) is 53.6 Å². The summed E-state index contributed by atoms with van der Waals surface area (Å²) in [5.74, 6) is 1.46. The third-order valence-electron chi connectivity index (χ3n) is 6.68. The molecule has 1 heterocycles. The minimum Gasteiger partial charge on any atom is -0.497 e. The van der Waals surface area contributed by atoms with E-state index in [4.69, 9.17) is 16.3 Å². The first-order chi connectivity index (χ1) is 15.1. The number of nitrogens with one attached hydrogen (secondary N) is 2. The maximum Gasteiger partial charge on any atom is 0.319 e. The van der Waals surface area contributed by atoms with Crippen molar-refractivity contribution in [3.05, 3.63) is 59.1 Å². The average molecular weight is 442 g/mol. The number of ether oxygens (including phenoxy) is 1. The third kappa shape index (κ3) is 5.92. The van der Waals surface area contributed by atoms with Crippen molar-refractivity contribution in [1.82, 2.24) is 10.2 Å². The van der Waals surface area contributed by atoms with Crippen LogP contribution in [-0.4, -0.2) is 43.2 Å². The Morgan fingerprint density at radius 1 is 1.10 bits per heavy atom. The largest absolute Gasteiger partial charge is 0.497 e. The third-order valence-corrected chi connectivity index (χ3v) is 6.93. The second-order valence-corrected chi connectivity index (χ2v) is 9.18. The molecule has 4 rings (SSSR count). The van der Waals surface area contributed by atoms with Gasteiger partial charge in [-0.3, -0.25) is 4.90 Å². The van der Waals surface area contributed by atoms with Gasteiger partial charge in [-0.2, -0.15) is 0 Å². The molecule has 1 saturated heterocycles. The van der Waals surface area contributed by atoms with Crippen LogP contribution in [0.4, 0.5) is 10.5 Å². The normalized spacial score (nSPS) is 22.3. The molecule has 2 aromatic rings. The van der Waals surface area contributed by atoms with E-state index in [1.807, 2.05) is 36.4 Å². The summed E-state index contributed by atoms with van der Waals surface area (Å²) in [4.78, 5) is 15.2. The van der Waals surface area contributed by atoms with Crippen LogP contribution >= 0.6 is 11.6 Å². The number of rotatable bonds is 6. The Balaban J connectivity index is 1.26. The Hall–Kier alpha value is -2.24. The number of halogens is 1. The monoisotopic (exact) mass is 441 g/mol. The van der Waals surface area contributed by atoms with Crippen molar-refractivity contribution in [1.29, 1.82) is 0 Å². The van der Waals surface area contributed by atoms with Crippen molar-refractivity contribution in [2.75, 3.05) is 25.5 Å². The Kier molecular flexibility index (Phi) is 7.36. The van der Waals surface area contributed by atoms with Gasteiger partial charge >= 0.3 is 6.03 Å². The van der Waals surface area contributed by atoms with Crippen LogP contribution in [0.2, 0.25) is 5.02 Å². The number of hydrogen-bond donors (Lipinski definition) is 2. The highest BCUT2D eigenvalue weighted by Gasteiger charge is 2.35. The molecule has 2 aromatic carbocycles. The SMILES string of the molecule is COc1cccc(NC(=O)NC2CCCC2N2CCC(Cc3ccc(Cl)cc3)CC2)c1. The molecule has 166 valence electrons. The maximum atomic E-state index is 12.6. The number of urea groups is 1. The Morgan fingerprint density at radius 3 is 2.61 bits per heavy atom. The predicted octanol–water partition coefficient (Wildman–Crippen LogP) is 5.35. The summed E-state index contributed by atoms with van der Waals surface area (Å²) in [7, 11) is 1.63. The van der Waals surface area contributed by atoms with E-state index in [-0.39, 0.29) is 12.1 Å². The van der Waals surface area contributed by atoms with Crippen LogP contribution in [0.25, 0.3) is 0 Å². The zero-order valence-corrected chi connectivity index (χ0v) is 18.9. The van der Waals surface area contributed by atoms with E-state index >= 15 is 0 Å². The van der Waals surface area contributed by atoms with Crippen molar-refractivity contribution in [3.63, 3.8) is 0 Å². The molecule has 1 aliphatic carbocycles. The molecule has 0 aromatic heterocycles. The summed E-state index contributed by atoms with van der Waals surface area (Å²) in [5, 5.41) is 6.97. The molecule has 0 bridgehead atoms. The molecule has 2 fully saturated rings. The van der Waals surface area contributed by atoms with Crippen LogP contribution in [0.5, 0.6) is 5.75 Å². The van der Waals surface area contributed by atoms with Crippen LogP contribution < -0.4 is 15.4 Å². The molecule has 0 spiro atoms. The first-order valence-electron chi connectivity index (χ1n) is 11.3. The molecular weight excluding hydrogens is 410 g/mol. The van der Waals surface area contributed by atoms with Gasteiger partial charge in [-0.25, -0.2) is 4.79 Å². The molecule has 2 N–H and O–H groups in total. The number of amides is 2. The fourth-order valence-electron chi connectivity index (χ4n) is 5.02. The number of nitrogens with zero attached hydrogens (tertiary/aromatic N) is 1. The number of anilines is 1. The van der Waals surface area contributed by atoms with E-state index in [9.17, 15) is 4.79 Å². The first-order valence-corrected chi connectivity index (χ1v) is 11.7. The van der Waals surface area contributed by atoms with Crippen molar-refractivity contribution in [2.24, 2.45) is 5.92 Å². The number of likely N-dealkylation sites (tertiary alicyclic amines) is 1. The summed E-state index contributed by atoms with van der Waals surface area (Å²) in [5.41, 5.74) is 2.12. The summed E-state index contributed by atoms with van der Waals surface area (Å²) in [6.45, 7) is 2.22. The van der Waals surface area contributed by atoms with Gasteiger partial charge in [0.05, 0.1) is 7.11 Å². The highest BCUT2D eigenvalue weighted by molar-refractivity contribution is 6.30. The fourth-order valence-corrected chi connectivity index (χ4v) is 5.15. The number of carbonyl (C=O) groups is 1. The standard InChI is InChI=1S/C25H32ClN3O2/c1-31-22-5-2-4-21(17-22)27-25(30)28-23-6-3-7-24(23)29-14-12-19(13-15-29)16-18-8-10-20(26)11-9-18/h2,4-5,8-11,17,19,23-24H,3,6-7,12-16H2,1H3,(H2,27,28,30). The molecular formula is C25H32ClN3O2. The van der Waals surface area contributed by atoms with Gasteiger partial charge in [0.1, 0.15) is 5.75 Å². The lowest BCUT2D eigenvalue weighted by Gasteiger charge is -2.38. The van der Waals surface area contributed by atoms with Gasteiger partial charge in [0.15, 0.2) is 0 Å². The number of piperidine rings is 1. The number of methoxy groups -OCH3 is 1. The Morgan fingerprint density at radius 2 is 1.87 bits per heavy atom. The average Bonchev–Trinajstić information content (AvgIpc) is 3.24. The van der Waals surface area contributed by atoms with Crippen molar-refractivity contribution < 1.29 is 9.53 Å². The maximum absolute atomic E-state index is 12.6. The highest BCUT2D eigenvalue weighted by Crippen LogP contribution is 2.30. The zero-order chi connectivity index (χ0) is 21.6. The molecule has 5 nitrogen and oxygen atoms in total. The number of carbonyl (C=O) groups excluding carboxylic acids is 1. The quantitative estimate of drug-likeness (QED) is 0.635. The van der Waals surface area contributed by atoms with Gasteiger partial charge in [-0.1, -0.05) is 29.8 Å². The summed E-state index contributed by atoms with van der Waals surface area (Å²) in [6.07, 6.45) is 6.91. The van der Waals surface area contributed by atoms with Gasteiger partial charge in [0, 0.05) is 28.9 Å². The van der Waals surface area contributed by atoms with Gasteiger partial charge in [0.25, 0.3) is 0 Å². The molecule has 1 aliphatic heterocycles. The molecule has 2 unspecified atom stereocenters. The van der Waals surface area contributed by atoms with Crippen molar-refractivity contribution in [2.45, 2.75) is 50.6 Å². The van der Waals surface area contributed by atoms with Crippen LogP contribution in [0.15, 0.2) is 48.5 Å². The fraction of sp³-hybridized carbons (Fsp3) is 0.480. The lowest BCUT2D eigenvalue weighted by Crippen LogP contribution is -2.52. The minimum absolute atomic E-state index is 0.136. The predicted molar refractivity (Wildman–Crippen MR) is 126 cm³/mol. The van der Waals surface area contributed by atoms with Crippen LogP contribution in [0.1, 0.15) is 37.7 Å². The molecule has 1 saturated carbocycles. The molecule has 2 aliphatic rings. The van der Waals surface area contributed by atoms with E-state index in [2.05, 4.69) is 27.7 Å². The smallest absolute Gasteiger partial charge is 0.319 e. The number of benzene rings is 2. The summed E-state index contributed by atoms with van der Waals surface area (Å²) >= 11 is 6.01. The van der Waals surface area contributed by atoms with Crippen molar-refractivity contribution >= 4 is 23.3 Å². The highest BCUT2D eigenvalue weighted by atomic mass is 35.5. The second kappa shape index (κ2) is 10.4.